The van der Waals surface area contributed by atoms with E-state index < -0.39 is 5.41 Å². The third-order valence-electron chi connectivity index (χ3n) is 5.53. The molecule has 0 aliphatic heterocycles. The van der Waals surface area contributed by atoms with Crippen molar-refractivity contribution in [3.8, 4) is 0 Å². The summed E-state index contributed by atoms with van der Waals surface area (Å²) in [5.41, 5.74) is 3.00. The lowest BCUT2D eigenvalue weighted by Crippen LogP contribution is -2.35. The van der Waals surface area contributed by atoms with E-state index in [-0.39, 0.29) is 11.8 Å². The molecule has 0 saturated heterocycles. The first-order chi connectivity index (χ1) is 14.6. The molecule has 3 aromatic carbocycles. The molecule has 2 amide bonds. The van der Waals surface area contributed by atoms with E-state index in [2.05, 4.69) is 22.8 Å². The Hall–Kier alpha value is -3.11. The molecule has 1 aliphatic carbocycles. The molecule has 2 N–H and O–H groups in total. The van der Waals surface area contributed by atoms with Crippen molar-refractivity contribution >= 4 is 29.1 Å². The first-order valence-corrected chi connectivity index (χ1v) is 10.4. The van der Waals surface area contributed by atoms with Crippen molar-refractivity contribution < 1.29 is 9.59 Å². The number of rotatable bonds is 7. The van der Waals surface area contributed by atoms with Crippen LogP contribution < -0.4 is 10.6 Å². The third kappa shape index (κ3) is 4.55. The zero-order chi connectivity index (χ0) is 21.0. The average molecular weight is 419 g/mol. The predicted molar refractivity (Wildman–Crippen MR) is 120 cm³/mol. The minimum Gasteiger partial charge on any atom is -0.355 e. The lowest BCUT2D eigenvalue weighted by molar-refractivity contribution is -0.123. The van der Waals surface area contributed by atoms with E-state index in [1.807, 2.05) is 42.5 Å². The first-order valence-electron chi connectivity index (χ1n) is 10.1. The van der Waals surface area contributed by atoms with Gasteiger partial charge < -0.3 is 10.6 Å². The predicted octanol–water partition coefficient (Wildman–Crippen LogP) is 4.98. The Bertz CT molecular complexity index is 1030. The molecule has 0 bridgehead atoms. The molecule has 1 aliphatic rings. The highest BCUT2D eigenvalue weighted by Crippen LogP contribution is 2.48. The number of halogens is 1. The number of carbonyl (C=O) groups is 2. The fourth-order valence-electron chi connectivity index (χ4n) is 3.58. The summed E-state index contributed by atoms with van der Waals surface area (Å²) in [5, 5.41) is 6.55. The van der Waals surface area contributed by atoms with Gasteiger partial charge in [0.05, 0.1) is 5.41 Å². The highest BCUT2D eigenvalue weighted by atomic mass is 35.5. The fourth-order valence-corrected chi connectivity index (χ4v) is 3.71. The Morgan fingerprint density at radius 3 is 2.17 bits per heavy atom. The van der Waals surface area contributed by atoms with Crippen molar-refractivity contribution in [3.05, 3.63) is 101 Å². The van der Waals surface area contributed by atoms with Crippen LogP contribution in [0.15, 0.2) is 78.9 Å². The second-order valence-electron chi connectivity index (χ2n) is 7.61. The van der Waals surface area contributed by atoms with E-state index in [1.54, 1.807) is 24.3 Å². The molecule has 0 spiro atoms. The Balaban J connectivity index is 1.35. The Morgan fingerprint density at radius 2 is 1.53 bits per heavy atom. The number of carbonyl (C=O) groups excluding carboxylic acids is 2. The van der Waals surface area contributed by atoms with Crippen LogP contribution in [0.25, 0.3) is 0 Å². The van der Waals surface area contributed by atoms with Gasteiger partial charge in [0.15, 0.2) is 0 Å². The lowest BCUT2D eigenvalue weighted by Gasteiger charge is -2.16. The number of nitrogens with one attached hydrogen (secondary N) is 2. The molecule has 0 unspecified atom stereocenters. The van der Waals surface area contributed by atoms with Crippen LogP contribution in [0.2, 0.25) is 5.02 Å². The summed E-state index contributed by atoms with van der Waals surface area (Å²) in [7, 11) is 0. The molecule has 5 heteroatoms. The van der Waals surface area contributed by atoms with Crippen molar-refractivity contribution in [2.45, 2.75) is 24.7 Å². The number of anilines is 1. The zero-order valence-electron chi connectivity index (χ0n) is 16.5. The Morgan fingerprint density at radius 1 is 0.867 bits per heavy atom. The van der Waals surface area contributed by atoms with Crippen LogP contribution in [-0.2, 0) is 16.6 Å². The maximum Gasteiger partial charge on any atom is 0.255 e. The summed E-state index contributed by atoms with van der Waals surface area (Å²) in [6.07, 6.45) is 2.51. The van der Waals surface area contributed by atoms with Gasteiger partial charge in [-0.3, -0.25) is 9.59 Å². The largest absolute Gasteiger partial charge is 0.355 e. The molecule has 1 saturated carbocycles. The van der Waals surface area contributed by atoms with Gasteiger partial charge in [-0.2, -0.15) is 0 Å². The van der Waals surface area contributed by atoms with E-state index in [0.29, 0.717) is 22.8 Å². The van der Waals surface area contributed by atoms with Crippen LogP contribution in [0.5, 0.6) is 0 Å². The highest BCUT2D eigenvalue weighted by Gasteiger charge is 2.50. The van der Waals surface area contributed by atoms with Crippen LogP contribution in [0.4, 0.5) is 5.69 Å². The normalized spacial score (nSPS) is 14.0. The van der Waals surface area contributed by atoms with E-state index in [9.17, 15) is 9.59 Å². The van der Waals surface area contributed by atoms with Crippen molar-refractivity contribution in [1.82, 2.24) is 5.32 Å². The molecule has 3 aromatic rings. The average Bonchev–Trinajstić information content (AvgIpc) is 3.57. The van der Waals surface area contributed by atoms with Gasteiger partial charge in [-0.05, 0) is 66.8 Å². The minimum absolute atomic E-state index is 0.0800. The Labute approximate surface area is 181 Å². The number of benzene rings is 3. The summed E-state index contributed by atoms with van der Waals surface area (Å²) in [4.78, 5) is 25.1. The van der Waals surface area contributed by atoms with Crippen molar-refractivity contribution in [3.63, 3.8) is 0 Å². The minimum atomic E-state index is -0.435. The fraction of sp³-hybridized carbons (Fsp3) is 0.200. The zero-order valence-corrected chi connectivity index (χ0v) is 17.3. The molecule has 0 atom stereocenters. The molecule has 4 rings (SSSR count). The first kappa shape index (κ1) is 20.2. The standard InChI is InChI=1S/C25H23ClN2O2/c26-21-10-6-19(7-11-21)23(29)28-22-12-8-20(9-13-22)25(15-16-25)24(30)27-17-14-18-4-2-1-3-5-18/h1-13H,14-17H2,(H,27,30)(H,28,29). The number of hydrogen-bond acceptors (Lipinski definition) is 2. The molecular weight excluding hydrogens is 396 g/mol. The molecule has 152 valence electrons. The maximum atomic E-state index is 12.8. The van der Waals surface area contributed by atoms with Crippen LogP contribution in [0, 0.1) is 0 Å². The van der Waals surface area contributed by atoms with Crippen molar-refractivity contribution in [2.24, 2.45) is 0 Å². The van der Waals surface area contributed by atoms with Gasteiger partial charge >= 0.3 is 0 Å². The monoisotopic (exact) mass is 418 g/mol. The van der Waals surface area contributed by atoms with Gasteiger partial charge in [0.1, 0.15) is 0 Å². The number of amides is 2. The van der Waals surface area contributed by atoms with E-state index in [0.717, 1.165) is 24.8 Å². The lowest BCUT2D eigenvalue weighted by atomic mass is 9.94. The van der Waals surface area contributed by atoms with Crippen LogP contribution >= 0.6 is 11.6 Å². The third-order valence-corrected chi connectivity index (χ3v) is 5.78. The van der Waals surface area contributed by atoms with Crippen molar-refractivity contribution in [1.29, 1.82) is 0 Å². The van der Waals surface area contributed by atoms with E-state index in [4.69, 9.17) is 11.6 Å². The van der Waals surface area contributed by atoms with Crippen LogP contribution in [0.1, 0.15) is 34.3 Å². The highest BCUT2D eigenvalue weighted by molar-refractivity contribution is 6.30. The molecule has 4 nitrogen and oxygen atoms in total. The Kier molecular flexibility index (Phi) is 5.86. The van der Waals surface area contributed by atoms with Crippen molar-refractivity contribution in [2.75, 3.05) is 11.9 Å². The van der Waals surface area contributed by atoms with Gasteiger partial charge in [0.2, 0.25) is 5.91 Å². The smallest absolute Gasteiger partial charge is 0.255 e. The second-order valence-corrected chi connectivity index (χ2v) is 8.05. The SMILES string of the molecule is O=C(Nc1ccc(C2(C(=O)NCCc3ccccc3)CC2)cc1)c1ccc(Cl)cc1. The summed E-state index contributed by atoms with van der Waals surface area (Å²) in [6.45, 7) is 0.625. The molecule has 1 fully saturated rings. The molecule has 30 heavy (non-hydrogen) atoms. The number of hydrogen-bond donors (Lipinski definition) is 2. The molecule has 0 aromatic heterocycles. The molecular formula is C25H23ClN2O2. The van der Waals surface area contributed by atoms with E-state index in [1.165, 1.54) is 5.56 Å². The van der Waals surface area contributed by atoms with Gasteiger partial charge in [-0.1, -0.05) is 54.1 Å². The quantitative estimate of drug-likeness (QED) is 0.568. The van der Waals surface area contributed by atoms with E-state index >= 15 is 0 Å². The van der Waals surface area contributed by atoms with Gasteiger partial charge in [0.25, 0.3) is 5.91 Å². The summed E-state index contributed by atoms with van der Waals surface area (Å²) in [6, 6.07) is 24.4. The second kappa shape index (κ2) is 8.72. The maximum absolute atomic E-state index is 12.8. The topological polar surface area (TPSA) is 58.2 Å². The molecule has 0 heterocycles. The van der Waals surface area contributed by atoms with Gasteiger partial charge in [-0.25, -0.2) is 0 Å². The summed E-state index contributed by atoms with van der Waals surface area (Å²) in [5.74, 6) is -0.115. The summed E-state index contributed by atoms with van der Waals surface area (Å²) < 4.78 is 0. The van der Waals surface area contributed by atoms with Gasteiger partial charge in [-0.15, -0.1) is 0 Å². The summed E-state index contributed by atoms with van der Waals surface area (Å²) >= 11 is 5.87. The van der Waals surface area contributed by atoms with Crippen LogP contribution in [0.3, 0.4) is 0 Å². The van der Waals surface area contributed by atoms with Gasteiger partial charge in [0, 0.05) is 22.8 Å². The van der Waals surface area contributed by atoms with Crippen LogP contribution in [-0.4, -0.2) is 18.4 Å². The molecule has 0 radical (unpaired) electrons.